The molecule has 2 heterocycles. The number of fused-ring (bicyclic) bond motifs is 1. The van der Waals surface area contributed by atoms with E-state index in [1.165, 1.54) is 0 Å². The number of aliphatic hydroxyl groups is 1. The van der Waals surface area contributed by atoms with E-state index in [9.17, 15) is 5.11 Å². The molecule has 1 aliphatic heterocycles. The van der Waals surface area contributed by atoms with Crippen molar-refractivity contribution in [1.29, 1.82) is 0 Å². The Labute approximate surface area is 120 Å². The van der Waals surface area contributed by atoms with Crippen molar-refractivity contribution in [2.75, 3.05) is 19.6 Å². The van der Waals surface area contributed by atoms with Crippen molar-refractivity contribution in [3.05, 3.63) is 42.2 Å². The predicted molar refractivity (Wildman–Crippen MR) is 81.6 cm³/mol. The molecule has 1 aliphatic rings. The molecule has 1 atom stereocenters. The maximum absolute atomic E-state index is 11.2. The van der Waals surface area contributed by atoms with Crippen LogP contribution in [0.2, 0.25) is 0 Å². The van der Waals surface area contributed by atoms with Crippen molar-refractivity contribution < 1.29 is 5.11 Å². The largest absolute Gasteiger partial charge is 0.385 e. The maximum Gasteiger partial charge on any atom is 0.0930 e. The van der Waals surface area contributed by atoms with Gasteiger partial charge in [0, 0.05) is 29.9 Å². The Morgan fingerprint density at radius 3 is 2.90 bits per heavy atom. The Morgan fingerprint density at radius 2 is 2.05 bits per heavy atom. The molecule has 3 heteroatoms. The number of rotatable bonds is 2. The minimum atomic E-state index is -0.738. The van der Waals surface area contributed by atoms with Crippen LogP contribution in [0.15, 0.2) is 36.7 Å². The molecule has 0 saturated carbocycles. The molecule has 1 N–H and O–H groups in total. The average molecular weight is 270 g/mol. The number of hydrogen-bond acceptors (Lipinski definition) is 3. The lowest BCUT2D eigenvalue weighted by atomic mass is 9.85. The molecular formula is C17H22N2O. The van der Waals surface area contributed by atoms with Gasteiger partial charge in [-0.25, -0.2) is 0 Å². The first kappa shape index (κ1) is 13.5. The highest BCUT2D eigenvalue weighted by Crippen LogP contribution is 2.36. The molecule has 2 aromatic rings. The van der Waals surface area contributed by atoms with Crippen molar-refractivity contribution in [3.8, 4) is 0 Å². The van der Waals surface area contributed by atoms with E-state index < -0.39 is 5.60 Å². The molecule has 0 amide bonds. The topological polar surface area (TPSA) is 36.4 Å². The van der Waals surface area contributed by atoms with Gasteiger partial charge >= 0.3 is 0 Å². The van der Waals surface area contributed by atoms with Crippen LogP contribution in [0.5, 0.6) is 0 Å². The van der Waals surface area contributed by atoms with Gasteiger partial charge in [-0.1, -0.05) is 31.2 Å². The van der Waals surface area contributed by atoms with Crippen molar-refractivity contribution in [1.82, 2.24) is 9.88 Å². The minimum absolute atomic E-state index is 0.738. The molecule has 20 heavy (non-hydrogen) atoms. The van der Waals surface area contributed by atoms with Gasteiger partial charge in [-0.05, 0) is 37.7 Å². The highest BCUT2D eigenvalue weighted by Gasteiger charge is 2.33. The highest BCUT2D eigenvalue weighted by atomic mass is 16.3. The van der Waals surface area contributed by atoms with E-state index in [-0.39, 0.29) is 0 Å². The van der Waals surface area contributed by atoms with E-state index in [0.717, 1.165) is 55.2 Å². The quantitative estimate of drug-likeness (QED) is 0.911. The molecule has 0 bridgehead atoms. The normalized spacial score (nSPS) is 24.7. The first-order valence-corrected chi connectivity index (χ1v) is 7.51. The van der Waals surface area contributed by atoms with Crippen LogP contribution in [0.3, 0.4) is 0 Å². The fourth-order valence-corrected chi connectivity index (χ4v) is 3.25. The number of nitrogens with zero attached hydrogens (tertiary/aromatic N) is 2. The third-order valence-electron chi connectivity index (χ3n) is 4.52. The molecule has 1 aromatic carbocycles. The summed E-state index contributed by atoms with van der Waals surface area (Å²) in [4.78, 5) is 6.74. The van der Waals surface area contributed by atoms with E-state index in [2.05, 4.69) is 28.9 Å². The minimum Gasteiger partial charge on any atom is -0.385 e. The zero-order valence-corrected chi connectivity index (χ0v) is 12.0. The Bertz CT molecular complexity index is 593. The van der Waals surface area contributed by atoms with Gasteiger partial charge in [0.25, 0.3) is 0 Å². The summed E-state index contributed by atoms with van der Waals surface area (Å²) in [6, 6.07) is 8.20. The molecule has 1 saturated heterocycles. The van der Waals surface area contributed by atoms with Gasteiger partial charge in [0.15, 0.2) is 0 Å². The number of aromatic nitrogens is 1. The molecule has 0 aliphatic carbocycles. The second-order valence-electron chi connectivity index (χ2n) is 5.73. The van der Waals surface area contributed by atoms with Crippen LogP contribution in [0, 0.1) is 0 Å². The van der Waals surface area contributed by atoms with Gasteiger partial charge in [0.05, 0.1) is 5.60 Å². The molecular weight excluding hydrogens is 248 g/mol. The fourth-order valence-electron chi connectivity index (χ4n) is 3.25. The van der Waals surface area contributed by atoms with Gasteiger partial charge in [-0.2, -0.15) is 0 Å². The second kappa shape index (κ2) is 5.51. The van der Waals surface area contributed by atoms with Gasteiger partial charge < -0.3 is 10.0 Å². The molecule has 0 radical (unpaired) electrons. The summed E-state index contributed by atoms with van der Waals surface area (Å²) in [5.41, 5.74) is 0.256. The highest BCUT2D eigenvalue weighted by molar-refractivity contribution is 5.85. The van der Waals surface area contributed by atoms with Crippen LogP contribution < -0.4 is 0 Å². The third kappa shape index (κ3) is 2.43. The lowest BCUT2D eigenvalue weighted by Crippen LogP contribution is -2.29. The summed E-state index contributed by atoms with van der Waals surface area (Å²) in [6.07, 6.45) is 6.37. The Hall–Kier alpha value is -1.45. The molecule has 0 spiro atoms. The summed E-state index contributed by atoms with van der Waals surface area (Å²) in [6.45, 7) is 5.28. The van der Waals surface area contributed by atoms with Crippen LogP contribution in [0.25, 0.3) is 10.8 Å². The first-order chi connectivity index (χ1) is 9.73. The summed E-state index contributed by atoms with van der Waals surface area (Å²) in [5, 5.41) is 13.4. The van der Waals surface area contributed by atoms with Crippen molar-refractivity contribution >= 4 is 10.8 Å². The standard InChI is InChI=1S/C17H22N2O/c1-2-19-10-5-8-17(20,9-11-19)16-13-18-12-14-6-3-4-7-15(14)16/h3-4,6-7,12-13,20H,2,5,8-11H2,1H3. The van der Waals surface area contributed by atoms with Crippen molar-refractivity contribution in [3.63, 3.8) is 0 Å². The van der Waals surface area contributed by atoms with Gasteiger partial charge in [-0.15, -0.1) is 0 Å². The summed E-state index contributed by atoms with van der Waals surface area (Å²) >= 11 is 0. The molecule has 3 nitrogen and oxygen atoms in total. The van der Waals surface area contributed by atoms with E-state index in [0.29, 0.717) is 0 Å². The Balaban J connectivity index is 2.01. The van der Waals surface area contributed by atoms with Gasteiger partial charge in [0.2, 0.25) is 0 Å². The predicted octanol–water partition coefficient (Wildman–Crippen LogP) is 2.93. The van der Waals surface area contributed by atoms with Crippen molar-refractivity contribution in [2.45, 2.75) is 31.8 Å². The van der Waals surface area contributed by atoms with Crippen LogP contribution in [0.4, 0.5) is 0 Å². The van der Waals surface area contributed by atoms with Crippen molar-refractivity contribution in [2.24, 2.45) is 0 Å². The number of pyridine rings is 1. The fraction of sp³-hybridized carbons (Fsp3) is 0.471. The SMILES string of the molecule is CCN1CCCC(O)(c2cncc3ccccc23)CC1. The Morgan fingerprint density at radius 1 is 1.20 bits per heavy atom. The summed E-state index contributed by atoms with van der Waals surface area (Å²) < 4.78 is 0. The van der Waals surface area contributed by atoms with Crippen LogP contribution in [0.1, 0.15) is 31.7 Å². The molecule has 3 rings (SSSR count). The van der Waals surface area contributed by atoms with E-state index in [1.54, 1.807) is 0 Å². The smallest absolute Gasteiger partial charge is 0.0930 e. The van der Waals surface area contributed by atoms with E-state index in [1.807, 2.05) is 24.5 Å². The average Bonchev–Trinajstić information content (AvgIpc) is 2.69. The first-order valence-electron chi connectivity index (χ1n) is 7.51. The monoisotopic (exact) mass is 270 g/mol. The number of likely N-dealkylation sites (tertiary alicyclic amines) is 1. The van der Waals surface area contributed by atoms with Crippen LogP contribution in [-0.4, -0.2) is 34.6 Å². The van der Waals surface area contributed by atoms with Gasteiger partial charge in [-0.3, -0.25) is 4.98 Å². The molecule has 1 unspecified atom stereocenters. The molecule has 106 valence electrons. The third-order valence-corrected chi connectivity index (χ3v) is 4.52. The van der Waals surface area contributed by atoms with E-state index >= 15 is 0 Å². The lowest BCUT2D eigenvalue weighted by molar-refractivity contribution is 0.0225. The summed E-state index contributed by atoms with van der Waals surface area (Å²) in [7, 11) is 0. The van der Waals surface area contributed by atoms with Gasteiger partial charge in [0.1, 0.15) is 0 Å². The molecule has 1 fully saturated rings. The maximum atomic E-state index is 11.2. The zero-order chi connectivity index (χ0) is 14.0. The molecule has 1 aromatic heterocycles. The van der Waals surface area contributed by atoms with Crippen LogP contribution in [-0.2, 0) is 5.60 Å². The number of benzene rings is 1. The van der Waals surface area contributed by atoms with E-state index in [4.69, 9.17) is 0 Å². The number of hydrogen-bond donors (Lipinski definition) is 1. The Kier molecular flexibility index (Phi) is 3.72. The van der Waals surface area contributed by atoms with Crippen LogP contribution >= 0.6 is 0 Å². The summed E-state index contributed by atoms with van der Waals surface area (Å²) in [5.74, 6) is 0. The lowest BCUT2D eigenvalue weighted by Gasteiger charge is -2.28. The zero-order valence-electron chi connectivity index (χ0n) is 12.0. The second-order valence-corrected chi connectivity index (χ2v) is 5.73.